The summed E-state index contributed by atoms with van der Waals surface area (Å²) in [6, 6.07) is 1.99. The Bertz CT molecular complexity index is 545. The predicted molar refractivity (Wildman–Crippen MR) is 68.8 cm³/mol. The Kier molecular flexibility index (Phi) is 4.16. The Balaban J connectivity index is 1.85. The Hall–Kier alpha value is -2.18. The molecule has 108 valence electrons. The molecule has 1 saturated carbocycles. The molecule has 1 aromatic rings. The maximum absolute atomic E-state index is 13.6. The van der Waals surface area contributed by atoms with Crippen LogP contribution in [0.15, 0.2) is 12.1 Å². The zero-order valence-corrected chi connectivity index (χ0v) is 10.7. The number of hydrogen-bond donors (Lipinski definition) is 3. The summed E-state index contributed by atoms with van der Waals surface area (Å²) in [5, 5.41) is 4.96. The van der Waals surface area contributed by atoms with E-state index in [2.05, 4.69) is 10.6 Å². The molecule has 7 heteroatoms. The van der Waals surface area contributed by atoms with E-state index in [1.807, 2.05) is 0 Å². The van der Waals surface area contributed by atoms with E-state index in [4.69, 9.17) is 5.73 Å². The average Bonchev–Trinajstić information content (AvgIpc) is 3.23. The second-order valence-electron chi connectivity index (χ2n) is 4.65. The number of nitrogens with two attached hydrogens (primary N) is 1. The number of anilines is 1. The number of rotatable bonds is 5. The first-order chi connectivity index (χ1) is 9.50. The monoisotopic (exact) mass is 283 g/mol. The van der Waals surface area contributed by atoms with Crippen molar-refractivity contribution in [2.24, 2.45) is 5.92 Å². The molecule has 0 unspecified atom stereocenters. The first-order valence-electron chi connectivity index (χ1n) is 6.30. The van der Waals surface area contributed by atoms with Gasteiger partial charge in [0.1, 0.15) is 11.4 Å². The number of benzene rings is 1. The van der Waals surface area contributed by atoms with E-state index >= 15 is 0 Å². The lowest BCUT2D eigenvalue weighted by Gasteiger charge is -2.09. The van der Waals surface area contributed by atoms with Crippen LogP contribution in [0, 0.1) is 17.6 Å². The van der Waals surface area contributed by atoms with Gasteiger partial charge in [-0.3, -0.25) is 9.59 Å². The van der Waals surface area contributed by atoms with Gasteiger partial charge in [0.15, 0.2) is 5.82 Å². The van der Waals surface area contributed by atoms with Gasteiger partial charge < -0.3 is 16.4 Å². The van der Waals surface area contributed by atoms with Crippen LogP contribution < -0.4 is 16.4 Å². The molecule has 0 atom stereocenters. The van der Waals surface area contributed by atoms with Crippen molar-refractivity contribution in [3.8, 4) is 0 Å². The molecule has 1 fully saturated rings. The van der Waals surface area contributed by atoms with Gasteiger partial charge in [0.25, 0.3) is 5.91 Å². The highest BCUT2D eigenvalue weighted by Gasteiger charge is 2.29. The molecule has 0 aromatic heterocycles. The van der Waals surface area contributed by atoms with Crippen LogP contribution >= 0.6 is 0 Å². The molecule has 1 aliphatic rings. The fraction of sp³-hybridized carbons (Fsp3) is 0.385. The van der Waals surface area contributed by atoms with E-state index in [-0.39, 0.29) is 30.6 Å². The molecule has 2 amide bonds. The lowest BCUT2D eigenvalue weighted by Crippen LogP contribution is -2.36. The number of carbonyl (C=O) groups excluding carboxylic acids is 2. The highest BCUT2D eigenvalue weighted by atomic mass is 19.1. The van der Waals surface area contributed by atoms with Gasteiger partial charge in [-0.15, -0.1) is 0 Å². The molecule has 20 heavy (non-hydrogen) atoms. The molecule has 0 heterocycles. The molecule has 0 radical (unpaired) electrons. The van der Waals surface area contributed by atoms with Gasteiger partial charge in [-0.25, -0.2) is 8.78 Å². The SMILES string of the molecule is Nc1ccc(F)c(C(=O)NCCNC(=O)C2CC2)c1F. The lowest BCUT2D eigenvalue weighted by atomic mass is 10.1. The van der Waals surface area contributed by atoms with E-state index in [1.54, 1.807) is 0 Å². The minimum absolute atomic E-state index is 0.0550. The van der Waals surface area contributed by atoms with Crippen LogP contribution in [-0.2, 0) is 4.79 Å². The van der Waals surface area contributed by atoms with Crippen molar-refractivity contribution in [3.05, 3.63) is 29.3 Å². The zero-order chi connectivity index (χ0) is 14.7. The third-order valence-corrected chi connectivity index (χ3v) is 3.01. The molecule has 1 aliphatic carbocycles. The zero-order valence-electron chi connectivity index (χ0n) is 10.7. The lowest BCUT2D eigenvalue weighted by molar-refractivity contribution is -0.122. The van der Waals surface area contributed by atoms with Crippen LogP contribution in [-0.4, -0.2) is 24.9 Å². The van der Waals surface area contributed by atoms with Crippen LogP contribution in [0.25, 0.3) is 0 Å². The van der Waals surface area contributed by atoms with E-state index in [1.165, 1.54) is 0 Å². The molecule has 0 spiro atoms. The van der Waals surface area contributed by atoms with Crippen molar-refractivity contribution in [3.63, 3.8) is 0 Å². The van der Waals surface area contributed by atoms with E-state index in [9.17, 15) is 18.4 Å². The third-order valence-electron chi connectivity index (χ3n) is 3.01. The Labute approximate surface area is 114 Å². The summed E-state index contributed by atoms with van der Waals surface area (Å²) in [4.78, 5) is 23.0. The Morgan fingerprint density at radius 2 is 1.85 bits per heavy atom. The third kappa shape index (κ3) is 3.23. The van der Waals surface area contributed by atoms with Gasteiger partial charge in [0.05, 0.1) is 5.69 Å². The maximum atomic E-state index is 13.6. The van der Waals surface area contributed by atoms with Crippen molar-refractivity contribution in [1.82, 2.24) is 10.6 Å². The average molecular weight is 283 g/mol. The van der Waals surface area contributed by atoms with Crippen molar-refractivity contribution in [2.75, 3.05) is 18.8 Å². The summed E-state index contributed by atoms with van der Waals surface area (Å²) in [6.45, 7) is 0.303. The highest BCUT2D eigenvalue weighted by Crippen LogP contribution is 2.28. The smallest absolute Gasteiger partial charge is 0.257 e. The van der Waals surface area contributed by atoms with Crippen LogP contribution in [0.4, 0.5) is 14.5 Å². The van der Waals surface area contributed by atoms with Crippen LogP contribution in [0.5, 0.6) is 0 Å². The first-order valence-corrected chi connectivity index (χ1v) is 6.30. The normalized spacial score (nSPS) is 13.9. The minimum atomic E-state index is -1.08. The molecule has 0 saturated heterocycles. The summed E-state index contributed by atoms with van der Waals surface area (Å²) in [7, 11) is 0. The molecular weight excluding hydrogens is 268 g/mol. The second kappa shape index (κ2) is 5.85. The second-order valence-corrected chi connectivity index (χ2v) is 4.65. The molecule has 1 aromatic carbocycles. The summed E-state index contributed by atoms with van der Waals surface area (Å²) < 4.78 is 27.0. The highest BCUT2D eigenvalue weighted by molar-refractivity contribution is 5.95. The topological polar surface area (TPSA) is 84.2 Å². The number of hydrogen-bond acceptors (Lipinski definition) is 3. The summed E-state index contributed by atoms with van der Waals surface area (Å²) in [5.74, 6) is -2.93. The molecule has 2 rings (SSSR count). The molecular formula is C13H15F2N3O2. The van der Waals surface area contributed by atoms with E-state index in [0.29, 0.717) is 0 Å². The van der Waals surface area contributed by atoms with Gasteiger partial charge in [0.2, 0.25) is 5.91 Å². The van der Waals surface area contributed by atoms with Crippen molar-refractivity contribution < 1.29 is 18.4 Å². The van der Waals surface area contributed by atoms with Crippen LogP contribution in [0.3, 0.4) is 0 Å². The van der Waals surface area contributed by atoms with Crippen molar-refractivity contribution in [2.45, 2.75) is 12.8 Å². The van der Waals surface area contributed by atoms with E-state index < -0.39 is 23.1 Å². The predicted octanol–water partition coefficient (Wildman–Crippen LogP) is 0.803. The van der Waals surface area contributed by atoms with E-state index in [0.717, 1.165) is 25.0 Å². The van der Waals surface area contributed by atoms with Crippen molar-refractivity contribution >= 4 is 17.5 Å². The standard InChI is InChI=1S/C13H15F2N3O2/c14-8-3-4-9(16)11(15)10(8)13(20)18-6-5-17-12(19)7-1-2-7/h3-4,7H,1-2,5-6,16H2,(H,17,19)(H,18,20). The van der Waals surface area contributed by atoms with Gasteiger partial charge in [0, 0.05) is 19.0 Å². The van der Waals surface area contributed by atoms with Gasteiger partial charge in [-0.1, -0.05) is 0 Å². The van der Waals surface area contributed by atoms with Gasteiger partial charge >= 0.3 is 0 Å². The fourth-order valence-corrected chi connectivity index (χ4v) is 1.72. The number of amides is 2. The van der Waals surface area contributed by atoms with Crippen LogP contribution in [0.2, 0.25) is 0 Å². The quantitative estimate of drug-likeness (QED) is 0.552. The summed E-state index contributed by atoms with van der Waals surface area (Å²) >= 11 is 0. The van der Waals surface area contributed by atoms with Gasteiger partial charge in [-0.05, 0) is 25.0 Å². The van der Waals surface area contributed by atoms with Gasteiger partial charge in [-0.2, -0.15) is 0 Å². The molecule has 4 N–H and O–H groups in total. The largest absolute Gasteiger partial charge is 0.396 e. The first kappa shape index (κ1) is 14.2. The fourth-order valence-electron chi connectivity index (χ4n) is 1.72. The Morgan fingerprint density at radius 1 is 1.20 bits per heavy atom. The number of nitrogen functional groups attached to an aromatic ring is 1. The maximum Gasteiger partial charge on any atom is 0.257 e. The Morgan fingerprint density at radius 3 is 2.50 bits per heavy atom. The molecule has 0 aliphatic heterocycles. The number of halogens is 2. The molecule has 5 nitrogen and oxygen atoms in total. The number of carbonyl (C=O) groups is 2. The number of nitrogens with one attached hydrogen (secondary N) is 2. The van der Waals surface area contributed by atoms with Crippen molar-refractivity contribution in [1.29, 1.82) is 0 Å². The molecule has 0 bridgehead atoms. The van der Waals surface area contributed by atoms with Crippen LogP contribution in [0.1, 0.15) is 23.2 Å². The summed E-state index contributed by atoms with van der Waals surface area (Å²) in [6.07, 6.45) is 1.77. The summed E-state index contributed by atoms with van der Waals surface area (Å²) in [5.41, 5.74) is 4.28. The minimum Gasteiger partial charge on any atom is -0.396 e.